The molecule has 1 rings (SSSR count). The van der Waals surface area contributed by atoms with E-state index in [0.29, 0.717) is 6.61 Å². The number of nitrogens with one attached hydrogen (secondary N) is 1. The highest BCUT2D eigenvalue weighted by atomic mass is 35.5. The minimum absolute atomic E-state index is 0. The van der Waals surface area contributed by atoms with Crippen LogP contribution in [0.25, 0.3) is 0 Å². The molecule has 0 saturated carbocycles. The Bertz CT molecular complexity index is 388. The summed E-state index contributed by atoms with van der Waals surface area (Å²) in [5, 5.41) is 3.19. The molecule has 0 aromatic heterocycles. The molecule has 0 aliphatic carbocycles. The average Bonchev–Trinajstić information content (AvgIpc) is 2.32. The van der Waals surface area contributed by atoms with Crippen LogP contribution in [0, 0.1) is 13.8 Å². The van der Waals surface area contributed by atoms with E-state index >= 15 is 0 Å². The summed E-state index contributed by atoms with van der Waals surface area (Å²) in [6, 6.07) is 6.16. The van der Waals surface area contributed by atoms with Gasteiger partial charge in [-0.05, 0) is 37.1 Å². The summed E-state index contributed by atoms with van der Waals surface area (Å²) in [5.41, 5.74) is 2.56. The molecule has 0 atom stereocenters. The zero-order chi connectivity index (χ0) is 12.5. The van der Waals surface area contributed by atoms with Crippen molar-refractivity contribution < 1.29 is 4.74 Å². The van der Waals surface area contributed by atoms with Crippen LogP contribution in [-0.2, 0) is 0 Å². The van der Waals surface area contributed by atoms with Crippen molar-refractivity contribution in [1.82, 2.24) is 5.32 Å². The summed E-state index contributed by atoms with van der Waals surface area (Å²) in [6.45, 7) is 10.1. The fourth-order valence-electron chi connectivity index (χ4n) is 1.37. The summed E-state index contributed by atoms with van der Waals surface area (Å²) in [7, 11) is 0. The van der Waals surface area contributed by atoms with Gasteiger partial charge in [-0.15, -0.1) is 19.0 Å². The SMILES string of the molecule is C=CCNC/C=C/COc1ccc(C)c(C)c1.Cl. The largest absolute Gasteiger partial charge is 0.490 e. The van der Waals surface area contributed by atoms with E-state index in [0.717, 1.165) is 18.8 Å². The van der Waals surface area contributed by atoms with Gasteiger partial charge in [-0.2, -0.15) is 0 Å². The van der Waals surface area contributed by atoms with Gasteiger partial charge in [0.15, 0.2) is 0 Å². The quantitative estimate of drug-likeness (QED) is 0.604. The molecule has 0 saturated heterocycles. The summed E-state index contributed by atoms with van der Waals surface area (Å²) >= 11 is 0. The predicted octanol–water partition coefficient (Wildman–Crippen LogP) is 3.44. The van der Waals surface area contributed by atoms with Gasteiger partial charge in [0.05, 0.1) is 0 Å². The number of aryl methyl sites for hydroxylation is 2. The molecule has 0 aliphatic heterocycles. The Balaban J connectivity index is 0.00000289. The molecule has 0 bridgehead atoms. The van der Waals surface area contributed by atoms with Crippen LogP contribution in [-0.4, -0.2) is 19.7 Å². The van der Waals surface area contributed by atoms with E-state index in [4.69, 9.17) is 4.74 Å². The molecule has 1 aromatic carbocycles. The first-order valence-electron chi connectivity index (χ1n) is 5.90. The van der Waals surface area contributed by atoms with E-state index in [1.807, 2.05) is 18.2 Å². The lowest BCUT2D eigenvalue weighted by Gasteiger charge is -2.05. The molecule has 0 unspecified atom stereocenters. The Kier molecular flexibility index (Phi) is 9.07. The Hall–Kier alpha value is -1.25. The lowest BCUT2D eigenvalue weighted by Crippen LogP contribution is -2.12. The highest BCUT2D eigenvalue weighted by molar-refractivity contribution is 5.85. The number of benzene rings is 1. The van der Waals surface area contributed by atoms with Gasteiger partial charge in [0, 0.05) is 13.1 Å². The summed E-state index contributed by atoms with van der Waals surface area (Å²) < 4.78 is 5.61. The fraction of sp³-hybridized carbons (Fsp3) is 0.333. The van der Waals surface area contributed by atoms with Crippen molar-refractivity contribution in [3.8, 4) is 5.75 Å². The molecule has 0 spiro atoms. The normalized spacial score (nSPS) is 10.1. The molecule has 1 aromatic rings. The molecule has 0 aliphatic rings. The molecule has 100 valence electrons. The lowest BCUT2D eigenvalue weighted by molar-refractivity contribution is 0.362. The molecule has 1 N–H and O–H groups in total. The van der Waals surface area contributed by atoms with Crippen LogP contribution in [0.4, 0.5) is 0 Å². The predicted molar refractivity (Wildman–Crippen MR) is 80.9 cm³/mol. The Morgan fingerprint density at radius 2 is 1.94 bits per heavy atom. The van der Waals surface area contributed by atoms with Gasteiger partial charge in [0.25, 0.3) is 0 Å². The van der Waals surface area contributed by atoms with Gasteiger partial charge < -0.3 is 10.1 Å². The highest BCUT2D eigenvalue weighted by Crippen LogP contribution is 2.16. The van der Waals surface area contributed by atoms with Crippen molar-refractivity contribution in [2.75, 3.05) is 19.7 Å². The maximum absolute atomic E-state index is 5.61. The molecule has 2 nitrogen and oxygen atoms in total. The smallest absolute Gasteiger partial charge is 0.120 e. The van der Waals surface area contributed by atoms with Crippen LogP contribution < -0.4 is 10.1 Å². The monoisotopic (exact) mass is 267 g/mol. The van der Waals surface area contributed by atoms with Gasteiger partial charge in [0.2, 0.25) is 0 Å². The minimum atomic E-state index is 0. The molecule has 0 amide bonds. The number of hydrogen-bond acceptors (Lipinski definition) is 2. The van der Waals surface area contributed by atoms with Crippen molar-refractivity contribution in [2.24, 2.45) is 0 Å². The third kappa shape index (κ3) is 6.48. The zero-order valence-electron chi connectivity index (χ0n) is 11.1. The minimum Gasteiger partial charge on any atom is -0.490 e. The molecule has 0 radical (unpaired) electrons. The molecule has 0 fully saturated rings. The Morgan fingerprint density at radius 1 is 1.17 bits per heavy atom. The van der Waals surface area contributed by atoms with Crippen molar-refractivity contribution in [1.29, 1.82) is 0 Å². The Morgan fingerprint density at radius 3 is 2.61 bits per heavy atom. The summed E-state index contributed by atoms with van der Waals surface area (Å²) in [4.78, 5) is 0. The second-order valence-corrected chi connectivity index (χ2v) is 3.98. The molecule has 18 heavy (non-hydrogen) atoms. The van der Waals surface area contributed by atoms with E-state index < -0.39 is 0 Å². The average molecular weight is 268 g/mol. The number of ether oxygens (including phenoxy) is 1. The van der Waals surface area contributed by atoms with Crippen LogP contribution in [0.1, 0.15) is 11.1 Å². The summed E-state index contributed by atoms with van der Waals surface area (Å²) in [6.07, 6.45) is 5.93. The van der Waals surface area contributed by atoms with Crippen LogP contribution in [0.3, 0.4) is 0 Å². The van der Waals surface area contributed by atoms with E-state index in [-0.39, 0.29) is 12.4 Å². The Labute approximate surface area is 116 Å². The van der Waals surface area contributed by atoms with E-state index in [9.17, 15) is 0 Å². The topological polar surface area (TPSA) is 21.3 Å². The lowest BCUT2D eigenvalue weighted by atomic mass is 10.1. The number of rotatable bonds is 7. The second-order valence-electron chi connectivity index (χ2n) is 3.98. The molecular weight excluding hydrogens is 246 g/mol. The third-order valence-corrected chi connectivity index (χ3v) is 2.54. The van der Waals surface area contributed by atoms with Gasteiger partial charge in [-0.3, -0.25) is 0 Å². The van der Waals surface area contributed by atoms with Gasteiger partial charge in [0.1, 0.15) is 12.4 Å². The fourth-order valence-corrected chi connectivity index (χ4v) is 1.37. The molecular formula is C15H22ClNO. The second kappa shape index (κ2) is 9.75. The van der Waals surface area contributed by atoms with Gasteiger partial charge >= 0.3 is 0 Å². The van der Waals surface area contributed by atoms with E-state index in [1.165, 1.54) is 11.1 Å². The summed E-state index contributed by atoms with van der Waals surface area (Å²) in [5.74, 6) is 0.928. The standard InChI is InChI=1S/C15H21NO.ClH/c1-4-9-16-10-5-6-11-17-15-8-7-13(2)14(3)12-15;/h4-8,12,16H,1,9-11H2,2-3H3;1H/b6-5+;. The maximum atomic E-state index is 5.61. The first-order valence-corrected chi connectivity index (χ1v) is 5.90. The van der Waals surface area contributed by atoms with Crippen molar-refractivity contribution >= 4 is 12.4 Å². The van der Waals surface area contributed by atoms with Crippen molar-refractivity contribution in [2.45, 2.75) is 13.8 Å². The van der Waals surface area contributed by atoms with Gasteiger partial charge in [-0.25, -0.2) is 0 Å². The number of halogens is 1. The van der Waals surface area contributed by atoms with Crippen LogP contribution in [0.2, 0.25) is 0 Å². The number of hydrogen-bond donors (Lipinski definition) is 1. The van der Waals surface area contributed by atoms with Crippen molar-refractivity contribution in [3.05, 3.63) is 54.1 Å². The van der Waals surface area contributed by atoms with E-state index in [1.54, 1.807) is 0 Å². The molecule has 0 heterocycles. The first-order chi connectivity index (χ1) is 8.24. The van der Waals surface area contributed by atoms with Gasteiger partial charge in [-0.1, -0.05) is 24.3 Å². The van der Waals surface area contributed by atoms with E-state index in [2.05, 4.69) is 44.0 Å². The molecule has 3 heteroatoms. The van der Waals surface area contributed by atoms with Crippen LogP contribution >= 0.6 is 12.4 Å². The highest BCUT2D eigenvalue weighted by Gasteiger charge is 1.95. The van der Waals surface area contributed by atoms with Crippen LogP contribution in [0.5, 0.6) is 5.75 Å². The third-order valence-electron chi connectivity index (χ3n) is 2.54. The van der Waals surface area contributed by atoms with Crippen LogP contribution in [0.15, 0.2) is 43.0 Å². The maximum Gasteiger partial charge on any atom is 0.120 e. The first kappa shape index (κ1) is 16.8. The van der Waals surface area contributed by atoms with Crippen molar-refractivity contribution in [3.63, 3.8) is 0 Å². The zero-order valence-corrected chi connectivity index (χ0v) is 11.9.